The first-order chi connectivity index (χ1) is 10.1. The van der Waals surface area contributed by atoms with Gasteiger partial charge in [0.15, 0.2) is 5.15 Å². The molecule has 1 fully saturated rings. The maximum absolute atomic E-state index is 12.1. The van der Waals surface area contributed by atoms with Crippen molar-refractivity contribution in [3.05, 3.63) is 23.5 Å². The third-order valence-corrected chi connectivity index (χ3v) is 3.38. The van der Waals surface area contributed by atoms with E-state index in [0.717, 1.165) is 12.8 Å². The summed E-state index contributed by atoms with van der Waals surface area (Å²) >= 11 is 5.89. The Morgan fingerprint density at radius 3 is 2.86 bits per heavy atom. The van der Waals surface area contributed by atoms with E-state index in [0.29, 0.717) is 12.3 Å². The van der Waals surface area contributed by atoms with Crippen LogP contribution in [0, 0.1) is 0 Å². The molecule has 0 bridgehead atoms. The van der Waals surface area contributed by atoms with E-state index in [1.807, 2.05) is 4.90 Å². The maximum atomic E-state index is 12.1. The molecule has 1 amide bonds. The van der Waals surface area contributed by atoms with Crippen LogP contribution in [0.5, 0.6) is 0 Å². The summed E-state index contributed by atoms with van der Waals surface area (Å²) in [6, 6.07) is 3.66. The first-order valence-corrected chi connectivity index (χ1v) is 7.28. The molecule has 1 aliphatic rings. The first kappa shape index (κ1) is 15.7. The summed E-state index contributed by atoms with van der Waals surface area (Å²) in [6.45, 7) is 2.37. The molecule has 0 spiro atoms. The highest BCUT2D eigenvalue weighted by Crippen LogP contribution is 2.26. The van der Waals surface area contributed by atoms with Crippen molar-refractivity contribution in [2.45, 2.75) is 25.8 Å². The molecule has 21 heavy (non-hydrogen) atoms. The van der Waals surface area contributed by atoms with Crippen molar-refractivity contribution in [1.29, 1.82) is 0 Å². The zero-order chi connectivity index (χ0) is 15.2. The summed E-state index contributed by atoms with van der Waals surface area (Å²) < 4.78 is 4.93. The lowest BCUT2D eigenvalue weighted by atomic mass is 10.3. The van der Waals surface area contributed by atoms with Gasteiger partial charge in [0.2, 0.25) is 5.91 Å². The van der Waals surface area contributed by atoms with Gasteiger partial charge in [0, 0.05) is 12.2 Å². The zero-order valence-corrected chi connectivity index (χ0v) is 12.6. The molecule has 0 radical (unpaired) electrons. The lowest BCUT2D eigenvalue weighted by molar-refractivity contribution is -0.144. The number of anilines is 1. The van der Waals surface area contributed by atoms with E-state index in [9.17, 15) is 9.59 Å². The van der Waals surface area contributed by atoms with Gasteiger partial charge in [-0.3, -0.25) is 14.5 Å². The molecular formula is C14H18ClN3O3. The van der Waals surface area contributed by atoms with Crippen LogP contribution >= 0.6 is 11.6 Å². The monoisotopic (exact) mass is 311 g/mol. The highest BCUT2D eigenvalue weighted by atomic mass is 35.5. The number of esters is 1. The Morgan fingerprint density at radius 2 is 2.24 bits per heavy atom. The number of carbonyl (C=O) groups excluding carboxylic acids is 2. The largest absolute Gasteiger partial charge is 0.465 e. The molecule has 1 aromatic rings. The van der Waals surface area contributed by atoms with Gasteiger partial charge < -0.3 is 10.1 Å². The van der Waals surface area contributed by atoms with E-state index < -0.39 is 0 Å². The van der Waals surface area contributed by atoms with Gasteiger partial charge in [0.25, 0.3) is 0 Å². The Bertz CT molecular complexity index is 520. The fourth-order valence-electron chi connectivity index (χ4n) is 1.98. The lowest BCUT2D eigenvalue weighted by Crippen LogP contribution is -2.39. The molecule has 1 aliphatic carbocycles. The number of hydrogen-bond donors (Lipinski definition) is 1. The Morgan fingerprint density at radius 1 is 1.48 bits per heavy atom. The number of nitrogens with one attached hydrogen (secondary N) is 1. The number of amides is 1. The Kier molecular flexibility index (Phi) is 5.52. The van der Waals surface area contributed by atoms with Gasteiger partial charge >= 0.3 is 5.97 Å². The smallest absolute Gasteiger partial charge is 0.320 e. The van der Waals surface area contributed by atoms with Gasteiger partial charge in [-0.15, -0.1) is 0 Å². The first-order valence-electron chi connectivity index (χ1n) is 6.90. The fraction of sp³-hybridized carbons (Fsp3) is 0.500. The van der Waals surface area contributed by atoms with Gasteiger partial charge in [-0.1, -0.05) is 11.6 Å². The number of nitrogens with zero attached hydrogens (tertiary/aromatic N) is 2. The number of hydrogen-bond acceptors (Lipinski definition) is 5. The number of ether oxygens (including phenoxy) is 1. The SMILES string of the molecule is CCOC(=O)CN(CC(=O)Nc1cccnc1Cl)C1CC1. The average molecular weight is 312 g/mol. The quantitative estimate of drug-likeness (QED) is 0.613. The summed E-state index contributed by atoms with van der Waals surface area (Å²) in [6.07, 6.45) is 3.55. The van der Waals surface area contributed by atoms with Crippen molar-refractivity contribution in [2.24, 2.45) is 0 Å². The normalized spacial score (nSPS) is 14.0. The van der Waals surface area contributed by atoms with Crippen molar-refractivity contribution in [3.63, 3.8) is 0 Å². The highest BCUT2D eigenvalue weighted by Gasteiger charge is 2.32. The number of aromatic nitrogens is 1. The van der Waals surface area contributed by atoms with Crippen LogP contribution < -0.4 is 5.32 Å². The van der Waals surface area contributed by atoms with Crippen LogP contribution in [0.1, 0.15) is 19.8 Å². The Labute approximate surface area is 128 Å². The van der Waals surface area contributed by atoms with Crippen molar-refractivity contribution in [3.8, 4) is 0 Å². The topological polar surface area (TPSA) is 71.5 Å². The molecule has 1 N–H and O–H groups in total. The van der Waals surface area contributed by atoms with Gasteiger partial charge in [0.05, 0.1) is 25.4 Å². The minimum atomic E-state index is -0.309. The molecule has 0 unspecified atom stereocenters. The molecular weight excluding hydrogens is 294 g/mol. The molecule has 6 nitrogen and oxygen atoms in total. The number of rotatable bonds is 7. The van der Waals surface area contributed by atoms with Gasteiger partial charge in [0.1, 0.15) is 0 Å². The van der Waals surface area contributed by atoms with E-state index in [1.165, 1.54) is 0 Å². The molecule has 1 saturated carbocycles. The van der Waals surface area contributed by atoms with Crippen molar-refractivity contribution < 1.29 is 14.3 Å². The number of halogens is 1. The van der Waals surface area contributed by atoms with Crippen LogP contribution in [0.4, 0.5) is 5.69 Å². The number of carbonyl (C=O) groups is 2. The second-order valence-corrected chi connectivity index (χ2v) is 5.19. The molecule has 1 aromatic heterocycles. The van der Waals surface area contributed by atoms with E-state index in [2.05, 4.69) is 10.3 Å². The van der Waals surface area contributed by atoms with Crippen LogP contribution in [-0.2, 0) is 14.3 Å². The van der Waals surface area contributed by atoms with Crippen LogP contribution in [0.2, 0.25) is 5.15 Å². The molecule has 2 rings (SSSR count). The minimum Gasteiger partial charge on any atom is -0.465 e. The van der Waals surface area contributed by atoms with E-state index in [-0.39, 0.29) is 36.2 Å². The standard InChI is InChI=1S/C14H18ClN3O3/c1-2-21-13(20)9-18(10-5-6-10)8-12(19)17-11-4-3-7-16-14(11)15/h3-4,7,10H,2,5-6,8-9H2,1H3,(H,17,19). The molecule has 0 aliphatic heterocycles. The van der Waals surface area contributed by atoms with Crippen LogP contribution in [0.15, 0.2) is 18.3 Å². The number of pyridine rings is 1. The maximum Gasteiger partial charge on any atom is 0.320 e. The summed E-state index contributed by atoms with van der Waals surface area (Å²) in [5.41, 5.74) is 0.469. The van der Waals surface area contributed by atoms with Gasteiger partial charge in [-0.25, -0.2) is 4.98 Å². The summed E-state index contributed by atoms with van der Waals surface area (Å²) in [4.78, 5) is 29.3. The second-order valence-electron chi connectivity index (χ2n) is 4.83. The predicted molar refractivity (Wildman–Crippen MR) is 79.1 cm³/mol. The summed E-state index contributed by atoms with van der Waals surface area (Å²) in [5, 5.41) is 2.95. The van der Waals surface area contributed by atoms with Crippen molar-refractivity contribution in [2.75, 3.05) is 25.0 Å². The molecule has 0 atom stereocenters. The summed E-state index contributed by atoms with van der Waals surface area (Å²) in [7, 11) is 0. The predicted octanol–water partition coefficient (Wildman–Crippen LogP) is 1.70. The Balaban J connectivity index is 1.89. The van der Waals surface area contributed by atoms with Crippen molar-refractivity contribution in [1.82, 2.24) is 9.88 Å². The van der Waals surface area contributed by atoms with Crippen molar-refractivity contribution >= 4 is 29.2 Å². The molecule has 114 valence electrons. The van der Waals surface area contributed by atoms with Gasteiger partial charge in [-0.2, -0.15) is 0 Å². The van der Waals surface area contributed by atoms with E-state index in [4.69, 9.17) is 16.3 Å². The molecule has 1 heterocycles. The van der Waals surface area contributed by atoms with E-state index >= 15 is 0 Å². The Hall–Kier alpha value is -1.66. The van der Waals surface area contributed by atoms with Crippen LogP contribution in [0.3, 0.4) is 0 Å². The molecule has 0 aromatic carbocycles. The molecule has 0 saturated heterocycles. The minimum absolute atomic E-state index is 0.132. The van der Waals surface area contributed by atoms with E-state index in [1.54, 1.807) is 25.3 Å². The third kappa shape index (κ3) is 4.99. The fourth-order valence-corrected chi connectivity index (χ4v) is 2.15. The van der Waals surface area contributed by atoms with Crippen LogP contribution in [0.25, 0.3) is 0 Å². The summed E-state index contributed by atoms with van der Waals surface area (Å²) in [5.74, 6) is -0.530. The molecule has 7 heteroatoms. The lowest BCUT2D eigenvalue weighted by Gasteiger charge is -2.20. The average Bonchev–Trinajstić information content (AvgIpc) is 3.25. The zero-order valence-electron chi connectivity index (χ0n) is 11.8. The van der Waals surface area contributed by atoms with Gasteiger partial charge in [-0.05, 0) is 31.9 Å². The third-order valence-electron chi connectivity index (χ3n) is 3.08. The highest BCUT2D eigenvalue weighted by molar-refractivity contribution is 6.32. The van der Waals surface area contributed by atoms with Crippen LogP contribution in [-0.4, -0.2) is 47.5 Å². The second kappa shape index (κ2) is 7.38.